The minimum absolute atomic E-state index is 0.0870. The van der Waals surface area contributed by atoms with E-state index in [1.54, 1.807) is 0 Å². The highest BCUT2D eigenvalue weighted by Crippen LogP contribution is 2.17. The zero-order valence-corrected chi connectivity index (χ0v) is 49.0. The number of allylic oxidation sites excluding steroid dienone is 6. The first kappa shape index (κ1) is 70.1. The SMILES string of the molecule is CCCCC/C=C\C/C=C\CCCCCCCCCC(=O)OC(COCCCCCCCCCCCCCCCCCCCCCC)COC(=O)CCCCCCCCCCC/C=C\CCCCCCCC. The van der Waals surface area contributed by atoms with E-state index in [9.17, 15) is 9.59 Å². The van der Waals surface area contributed by atoms with Gasteiger partial charge in [-0.1, -0.05) is 301 Å². The lowest BCUT2D eigenvalue weighted by atomic mass is 10.0. The molecule has 1 atom stereocenters. The van der Waals surface area contributed by atoms with Crippen molar-refractivity contribution >= 4 is 11.9 Å². The minimum atomic E-state index is -0.538. The second kappa shape index (κ2) is 63.4. The van der Waals surface area contributed by atoms with Gasteiger partial charge in [-0.3, -0.25) is 9.59 Å². The molecule has 5 heteroatoms. The Bertz CT molecular complexity index is 1140. The lowest BCUT2D eigenvalue weighted by molar-refractivity contribution is -0.163. The predicted molar refractivity (Wildman–Crippen MR) is 316 cm³/mol. The number of esters is 2. The molecular formula is C67H126O5. The monoisotopic (exact) mass is 1010 g/mol. The molecule has 1 unspecified atom stereocenters. The van der Waals surface area contributed by atoms with Crippen LogP contribution in [0.2, 0.25) is 0 Å². The van der Waals surface area contributed by atoms with Crippen molar-refractivity contribution in [3.05, 3.63) is 36.5 Å². The summed E-state index contributed by atoms with van der Waals surface area (Å²) in [5.41, 5.74) is 0. The predicted octanol–water partition coefficient (Wildman–Crippen LogP) is 22.5. The van der Waals surface area contributed by atoms with E-state index in [4.69, 9.17) is 14.2 Å². The van der Waals surface area contributed by atoms with E-state index < -0.39 is 6.10 Å². The van der Waals surface area contributed by atoms with Crippen LogP contribution in [-0.2, 0) is 23.8 Å². The Labute approximate surface area is 450 Å². The summed E-state index contributed by atoms with van der Waals surface area (Å²) in [5, 5.41) is 0. The molecule has 0 bridgehead atoms. The lowest BCUT2D eigenvalue weighted by Gasteiger charge is -2.18. The molecule has 0 aromatic heterocycles. The number of unbranched alkanes of at least 4 members (excludes halogenated alkanes) is 44. The first-order valence-electron chi connectivity index (χ1n) is 32.5. The Morgan fingerprint density at radius 3 is 0.958 bits per heavy atom. The van der Waals surface area contributed by atoms with Gasteiger partial charge in [-0.15, -0.1) is 0 Å². The Morgan fingerprint density at radius 1 is 0.306 bits per heavy atom. The standard InChI is InChI=1S/C67H126O5/c1-4-7-10-13-16-19-22-25-28-31-33-35-38-41-44-47-50-53-56-59-62-70-63-65(72-67(69)61-58-55-52-49-46-43-40-36-30-27-24-21-18-15-12-9-6-3)64-71-66(68)60-57-54-51-48-45-42-39-37-34-32-29-26-23-20-17-14-11-8-5-2/h18,21,26-27,29-30,65H,4-17,19-20,22-25,28,31-64H2,1-3H3/b21-18-,29-26-,30-27-. The van der Waals surface area contributed by atoms with E-state index in [2.05, 4.69) is 57.2 Å². The van der Waals surface area contributed by atoms with E-state index in [0.29, 0.717) is 26.1 Å². The van der Waals surface area contributed by atoms with Gasteiger partial charge < -0.3 is 14.2 Å². The maximum Gasteiger partial charge on any atom is 0.306 e. The Kier molecular flexibility index (Phi) is 61.8. The van der Waals surface area contributed by atoms with Gasteiger partial charge >= 0.3 is 11.9 Å². The van der Waals surface area contributed by atoms with Gasteiger partial charge in [0.1, 0.15) is 6.61 Å². The summed E-state index contributed by atoms with van der Waals surface area (Å²) in [6.45, 7) is 7.87. The van der Waals surface area contributed by atoms with Crippen LogP contribution >= 0.6 is 0 Å². The molecule has 0 amide bonds. The quantitative estimate of drug-likeness (QED) is 0.0345. The van der Waals surface area contributed by atoms with E-state index in [0.717, 1.165) is 44.9 Å². The molecule has 0 aliphatic heterocycles. The highest BCUT2D eigenvalue weighted by molar-refractivity contribution is 5.70. The molecule has 0 fully saturated rings. The van der Waals surface area contributed by atoms with Crippen LogP contribution in [0.4, 0.5) is 0 Å². The van der Waals surface area contributed by atoms with E-state index in [1.807, 2.05) is 0 Å². The zero-order chi connectivity index (χ0) is 52.0. The first-order valence-corrected chi connectivity index (χ1v) is 32.5. The molecular weight excluding hydrogens is 885 g/mol. The van der Waals surface area contributed by atoms with Gasteiger partial charge in [0.15, 0.2) is 6.10 Å². The second-order valence-electron chi connectivity index (χ2n) is 22.0. The third kappa shape index (κ3) is 60.7. The van der Waals surface area contributed by atoms with Gasteiger partial charge in [0.05, 0.1) is 6.61 Å². The van der Waals surface area contributed by atoms with Crippen LogP contribution < -0.4 is 0 Å². The zero-order valence-electron chi connectivity index (χ0n) is 49.0. The minimum Gasteiger partial charge on any atom is -0.462 e. The van der Waals surface area contributed by atoms with Crippen LogP contribution in [0.5, 0.6) is 0 Å². The van der Waals surface area contributed by atoms with E-state index >= 15 is 0 Å². The van der Waals surface area contributed by atoms with Gasteiger partial charge in [0.25, 0.3) is 0 Å². The van der Waals surface area contributed by atoms with Gasteiger partial charge in [-0.05, 0) is 77.0 Å². The second-order valence-corrected chi connectivity index (χ2v) is 22.0. The topological polar surface area (TPSA) is 61.8 Å². The first-order chi connectivity index (χ1) is 35.6. The van der Waals surface area contributed by atoms with Crippen molar-refractivity contribution in [2.75, 3.05) is 19.8 Å². The third-order valence-corrected chi connectivity index (χ3v) is 14.6. The van der Waals surface area contributed by atoms with Gasteiger partial charge in [-0.25, -0.2) is 0 Å². The van der Waals surface area contributed by atoms with Crippen molar-refractivity contribution in [2.24, 2.45) is 0 Å². The molecule has 0 rings (SSSR count). The molecule has 0 aromatic carbocycles. The molecule has 0 N–H and O–H groups in total. The van der Waals surface area contributed by atoms with Crippen LogP contribution in [-0.4, -0.2) is 37.9 Å². The maximum atomic E-state index is 12.9. The van der Waals surface area contributed by atoms with Crippen molar-refractivity contribution in [3.63, 3.8) is 0 Å². The van der Waals surface area contributed by atoms with Crippen molar-refractivity contribution in [1.29, 1.82) is 0 Å². The number of carbonyl (C=O) groups excluding carboxylic acids is 2. The van der Waals surface area contributed by atoms with E-state index in [1.165, 1.54) is 276 Å². The van der Waals surface area contributed by atoms with Crippen molar-refractivity contribution in [3.8, 4) is 0 Å². The molecule has 0 aromatic rings. The fourth-order valence-electron chi connectivity index (χ4n) is 9.77. The molecule has 424 valence electrons. The maximum absolute atomic E-state index is 12.9. The van der Waals surface area contributed by atoms with Crippen molar-refractivity contribution < 1.29 is 23.8 Å². The van der Waals surface area contributed by atoms with E-state index in [-0.39, 0.29) is 18.5 Å². The van der Waals surface area contributed by atoms with Crippen LogP contribution in [0.1, 0.15) is 355 Å². The Morgan fingerprint density at radius 2 is 0.583 bits per heavy atom. The molecule has 0 saturated carbocycles. The van der Waals surface area contributed by atoms with Crippen LogP contribution in [0.15, 0.2) is 36.5 Å². The smallest absolute Gasteiger partial charge is 0.306 e. The fraction of sp³-hybridized carbons (Fsp3) is 0.881. The number of carbonyl (C=O) groups is 2. The summed E-state index contributed by atoms with van der Waals surface area (Å²) in [5.74, 6) is -0.385. The van der Waals surface area contributed by atoms with Crippen molar-refractivity contribution in [2.45, 2.75) is 361 Å². The van der Waals surface area contributed by atoms with Gasteiger partial charge in [0.2, 0.25) is 0 Å². The third-order valence-electron chi connectivity index (χ3n) is 14.6. The number of hydrogen-bond acceptors (Lipinski definition) is 5. The molecule has 0 aliphatic carbocycles. The summed E-state index contributed by atoms with van der Waals surface area (Å²) in [6.07, 6.45) is 79.0. The summed E-state index contributed by atoms with van der Waals surface area (Å²) in [6, 6.07) is 0. The Balaban J connectivity index is 4.23. The highest BCUT2D eigenvalue weighted by atomic mass is 16.6. The molecule has 0 saturated heterocycles. The fourth-order valence-corrected chi connectivity index (χ4v) is 9.77. The number of rotatable bonds is 61. The van der Waals surface area contributed by atoms with Crippen LogP contribution in [0.25, 0.3) is 0 Å². The number of hydrogen-bond donors (Lipinski definition) is 0. The van der Waals surface area contributed by atoms with Gasteiger partial charge in [0, 0.05) is 19.4 Å². The van der Waals surface area contributed by atoms with Crippen LogP contribution in [0, 0.1) is 0 Å². The molecule has 5 nitrogen and oxygen atoms in total. The molecule has 0 heterocycles. The number of ether oxygens (including phenoxy) is 3. The Hall–Kier alpha value is -1.88. The largest absolute Gasteiger partial charge is 0.462 e. The highest BCUT2D eigenvalue weighted by Gasteiger charge is 2.18. The summed E-state index contributed by atoms with van der Waals surface area (Å²) in [4.78, 5) is 25.6. The summed E-state index contributed by atoms with van der Waals surface area (Å²) >= 11 is 0. The molecule has 0 aliphatic rings. The molecule has 0 spiro atoms. The normalized spacial score (nSPS) is 12.3. The lowest BCUT2D eigenvalue weighted by Crippen LogP contribution is -2.30. The van der Waals surface area contributed by atoms with Gasteiger partial charge in [-0.2, -0.15) is 0 Å². The molecule has 72 heavy (non-hydrogen) atoms. The van der Waals surface area contributed by atoms with Crippen molar-refractivity contribution in [1.82, 2.24) is 0 Å². The van der Waals surface area contributed by atoms with Crippen LogP contribution in [0.3, 0.4) is 0 Å². The average Bonchev–Trinajstić information content (AvgIpc) is 3.38. The average molecular weight is 1010 g/mol. The molecule has 0 radical (unpaired) electrons. The summed E-state index contributed by atoms with van der Waals surface area (Å²) in [7, 11) is 0. The summed E-state index contributed by atoms with van der Waals surface area (Å²) < 4.78 is 17.6.